The van der Waals surface area contributed by atoms with E-state index >= 15 is 0 Å². The number of rotatable bonds is 7. The van der Waals surface area contributed by atoms with Crippen molar-refractivity contribution in [2.45, 2.75) is 12.8 Å². The second-order valence-electron chi connectivity index (χ2n) is 4.70. The highest BCUT2D eigenvalue weighted by molar-refractivity contribution is 5.94. The van der Waals surface area contributed by atoms with E-state index in [9.17, 15) is 9.59 Å². The van der Waals surface area contributed by atoms with Crippen LogP contribution in [0.2, 0.25) is 0 Å². The first-order chi connectivity index (χ1) is 10.8. The zero-order valence-corrected chi connectivity index (χ0v) is 14.6. The second-order valence-corrected chi connectivity index (χ2v) is 4.70. The molecule has 24 heavy (non-hydrogen) atoms. The van der Waals surface area contributed by atoms with Crippen molar-refractivity contribution in [2.75, 3.05) is 13.1 Å². The van der Waals surface area contributed by atoms with E-state index in [-0.39, 0.29) is 36.6 Å². The molecule has 2 rings (SSSR count). The average Bonchev–Trinajstić information content (AvgIpc) is 2.59. The summed E-state index contributed by atoms with van der Waals surface area (Å²) in [6.45, 7) is 1.13. The molecule has 0 unspecified atom stereocenters. The molecule has 2 N–H and O–H groups in total. The molecule has 2 heterocycles. The van der Waals surface area contributed by atoms with Crippen molar-refractivity contribution >= 4 is 36.6 Å². The molecular formula is C16H20Cl2N4O2. The first-order valence-electron chi connectivity index (χ1n) is 7.14. The van der Waals surface area contributed by atoms with Crippen molar-refractivity contribution in [3.05, 3.63) is 60.2 Å². The second kappa shape index (κ2) is 12.3. The maximum Gasteiger partial charge on any atom is 0.252 e. The Bertz CT molecular complexity index is 556. The van der Waals surface area contributed by atoms with Crippen molar-refractivity contribution in [3.63, 3.8) is 0 Å². The van der Waals surface area contributed by atoms with E-state index in [1.54, 1.807) is 36.7 Å². The molecule has 2 amide bonds. The van der Waals surface area contributed by atoms with Gasteiger partial charge in [-0.1, -0.05) is 0 Å². The Morgan fingerprint density at radius 3 is 1.54 bits per heavy atom. The largest absolute Gasteiger partial charge is 0.352 e. The maximum atomic E-state index is 11.7. The Kier molecular flexibility index (Phi) is 11.2. The van der Waals surface area contributed by atoms with Crippen LogP contribution >= 0.6 is 24.8 Å². The third kappa shape index (κ3) is 7.39. The molecule has 0 spiro atoms. The van der Waals surface area contributed by atoms with Gasteiger partial charge in [0.2, 0.25) is 0 Å². The summed E-state index contributed by atoms with van der Waals surface area (Å²) in [5.41, 5.74) is 1.10. The van der Waals surface area contributed by atoms with Gasteiger partial charge in [0.25, 0.3) is 11.8 Å². The number of nitrogens with one attached hydrogen (secondary N) is 2. The molecule has 2 aromatic rings. The minimum atomic E-state index is -0.132. The van der Waals surface area contributed by atoms with Gasteiger partial charge >= 0.3 is 0 Å². The lowest BCUT2D eigenvalue weighted by molar-refractivity contribution is 0.0939. The van der Waals surface area contributed by atoms with Crippen molar-refractivity contribution in [3.8, 4) is 0 Å². The number of carbonyl (C=O) groups excluding carboxylic acids is 2. The van der Waals surface area contributed by atoms with Crippen LogP contribution in [0.4, 0.5) is 0 Å². The minimum absolute atomic E-state index is 0. The Labute approximate surface area is 153 Å². The number of aromatic nitrogens is 2. The summed E-state index contributed by atoms with van der Waals surface area (Å²) < 4.78 is 0. The number of hydrogen-bond donors (Lipinski definition) is 2. The summed E-state index contributed by atoms with van der Waals surface area (Å²) in [6.07, 6.45) is 7.90. The fourth-order valence-corrected chi connectivity index (χ4v) is 1.85. The third-order valence-corrected chi connectivity index (χ3v) is 3.02. The smallest absolute Gasteiger partial charge is 0.252 e. The molecule has 8 heteroatoms. The van der Waals surface area contributed by atoms with Crippen molar-refractivity contribution in [1.29, 1.82) is 0 Å². The molecule has 2 aromatic heterocycles. The number of carbonyl (C=O) groups is 2. The Morgan fingerprint density at radius 2 is 1.21 bits per heavy atom. The molecule has 0 aliphatic carbocycles. The highest BCUT2D eigenvalue weighted by Crippen LogP contribution is 1.97. The predicted octanol–water partition coefficient (Wildman–Crippen LogP) is 2.26. The normalized spacial score (nSPS) is 9.17. The van der Waals surface area contributed by atoms with E-state index < -0.39 is 0 Å². The number of nitrogens with zero attached hydrogens (tertiary/aromatic N) is 2. The zero-order valence-electron chi connectivity index (χ0n) is 13.0. The monoisotopic (exact) mass is 370 g/mol. The van der Waals surface area contributed by atoms with Crippen molar-refractivity contribution in [2.24, 2.45) is 0 Å². The summed E-state index contributed by atoms with van der Waals surface area (Å²) in [5, 5.41) is 5.63. The molecule has 6 nitrogen and oxygen atoms in total. The van der Waals surface area contributed by atoms with Crippen molar-refractivity contribution < 1.29 is 9.59 Å². The van der Waals surface area contributed by atoms with E-state index in [1.807, 2.05) is 0 Å². The van der Waals surface area contributed by atoms with Crippen LogP contribution in [0.3, 0.4) is 0 Å². The average molecular weight is 371 g/mol. The van der Waals surface area contributed by atoms with Gasteiger partial charge in [-0.2, -0.15) is 0 Å². The number of unbranched alkanes of at least 4 members (excludes halogenated alkanes) is 1. The van der Waals surface area contributed by atoms with Gasteiger partial charge in [0, 0.05) is 37.9 Å². The van der Waals surface area contributed by atoms with E-state index in [4.69, 9.17) is 0 Å². The van der Waals surface area contributed by atoms with Crippen LogP contribution in [0.5, 0.6) is 0 Å². The van der Waals surface area contributed by atoms with Gasteiger partial charge in [-0.25, -0.2) is 0 Å². The summed E-state index contributed by atoms with van der Waals surface area (Å²) in [6, 6.07) is 6.89. The molecule has 0 aliphatic heterocycles. The van der Waals surface area contributed by atoms with Crippen LogP contribution in [0.25, 0.3) is 0 Å². The highest BCUT2D eigenvalue weighted by Gasteiger charge is 2.05. The molecular weight excluding hydrogens is 351 g/mol. The lowest BCUT2D eigenvalue weighted by atomic mass is 10.2. The van der Waals surface area contributed by atoms with Gasteiger partial charge in [-0.15, -0.1) is 24.8 Å². The van der Waals surface area contributed by atoms with Gasteiger partial charge in [0.1, 0.15) is 0 Å². The summed E-state index contributed by atoms with van der Waals surface area (Å²) in [4.78, 5) is 31.3. The quantitative estimate of drug-likeness (QED) is 0.732. The van der Waals surface area contributed by atoms with Crippen LogP contribution in [0.1, 0.15) is 33.6 Å². The number of hydrogen-bond acceptors (Lipinski definition) is 4. The summed E-state index contributed by atoms with van der Waals surface area (Å²) in [7, 11) is 0. The van der Waals surface area contributed by atoms with Crippen LogP contribution in [-0.2, 0) is 0 Å². The van der Waals surface area contributed by atoms with E-state index in [0.29, 0.717) is 24.2 Å². The Balaban J connectivity index is 0.00000264. The van der Waals surface area contributed by atoms with Gasteiger partial charge in [0.05, 0.1) is 11.1 Å². The maximum absolute atomic E-state index is 11.7. The molecule has 0 saturated carbocycles. The van der Waals surface area contributed by atoms with Crippen LogP contribution in [-0.4, -0.2) is 34.9 Å². The molecule has 0 radical (unpaired) electrons. The molecule has 0 aromatic carbocycles. The first kappa shape index (κ1) is 21.8. The number of amides is 2. The van der Waals surface area contributed by atoms with Gasteiger partial charge in [0.15, 0.2) is 0 Å². The zero-order chi connectivity index (χ0) is 15.6. The molecule has 130 valence electrons. The molecule has 0 atom stereocenters. The van der Waals surface area contributed by atoms with E-state index in [1.165, 1.54) is 12.4 Å². The van der Waals surface area contributed by atoms with Gasteiger partial charge < -0.3 is 10.6 Å². The van der Waals surface area contributed by atoms with E-state index in [2.05, 4.69) is 20.6 Å². The standard InChI is InChI=1S/C16H18N4O2.2ClH/c21-15(13-5-3-7-17-11-13)19-9-1-2-10-20-16(22)14-6-4-8-18-12-14;;/h3-8,11-12H,1-2,9-10H2,(H,19,21)(H,20,22);2*1H. The third-order valence-electron chi connectivity index (χ3n) is 3.02. The predicted molar refractivity (Wildman–Crippen MR) is 96.9 cm³/mol. The minimum Gasteiger partial charge on any atom is -0.352 e. The highest BCUT2D eigenvalue weighted by atomic mass is 35.5. The van der Waals surface area contributed by atoms with Crippen LogP contribution in [0, 0.1) is 0 Å². The lowest BCUT2D eigenvalue weighted by Gasteiger charge is -2.06. The molecule has 0 fully saturated rings. The topological polar surface area (TPSA) is 84.0 Å². The Morgan fingerprint density at radius 1 is 0.792 bits per heavy atom. The molecule has 0 bridgehead atoms. The summed E-state index contributed by atoms with van der Waals surface area (Å²) in [5.74, 6) is -0.264. The summed E-state index contributed by atoms with van der Waals surface area (Å²) >= 11 is 0. The number of halogens is 2. The van der Waals surface area contributed by atoms with Crippen LogP contribution in [0.15, 0.2) is 49.1 Å². The van der Waals surface area contributed by atoms with Crippen LogP contribution < -0.4 is 10.6 Å². The molecule has 0 saturated heterocycles. The number of pyridine rings is 2. The van der Waals surface area contributed by atoms with Gasteiger partial charge in [-0.05, 0) is 37.1 Å². The SMILES string of the molecule is Cl.Cl.O=C(NCCCCNC(=O)c1cccnc1)c1cccnc1. The van der Waals surface area contributed by atoms with Crippen molar-refractivity contribution in [1.82, 2.24) is 20.6 Å². The first-order valence-corrected chi connectivity index (χ1v) is 7.14. The molecule has 0 aliphatic rings. The van der Waals surface area contributed by atoms with E-state index in [0.717, 1.165) is 12.8 Å². The van der Waals surface area contributed by atoms with Gasteiger partial charge in [-0.3, -0.25) is 19.6 Å². The fourth-order valence-electron chi connectivity index (χ4n) is 1.85. The lowest BCUT2D eigenvalue weighted by Crippen LogP contribution is -2.27. The fraction of sp³-hybridized carbons (Fsp3) is 0.250. The Hall–Kier alpha value is -2.18.